The van der Waals surface area contributed by atoms with Crippen LogP contribution in [0.3, 0.4) is 0 Å². The lowest BCUT2D eigenvalue weighted by atomic mass is 10.2. The number of benzene rings is 1. The summed E-state index contributed by atoms with van der Waals surface area (Å²) in [6.07, 6.45) is 3.57. The number of ether oxygens (including phenoxy) is 1. The van der Waals surface area contributed by atoms with Crippen molar-refractivity contribution in [3.05, 3.63) is 29.8 Å². The van der Waals surface area contributed by atoms with E-state index >= 15 is 0 Å². The van der Waals surface area contributed by atoms with Crippen molar-refractivity contribution in [3.63, 3.8) is 0 Å². The van der Waals surface area contributed by atoms with Crippen molar-refractivity contribution in [2.45, 2.75) is 19.3 Å². The first-order valence-electron chi connectivity index (χ1n) is 6.40. The summed E-state index contributed by atoms with van der Waals surface area (Å²) in [5.41, 5.74) is 1.15. The molecule has 0 amide bonds. The monoisotopic (exact) mass is 249 g/mol. The fourth-order valence-electron chi connectivity index (χ4n) is 1.70. The summed E-state index contributed by atoms with van der Waals surface area (Å²) in [5.74, 6) is -0.0865. The second-order valence-corrected chi connectivity index (χ2v) is 4.68. The van der Waals surface area contributed by atoms with E-state index in [2.05, 4.69) is 5.32 Å². The Kier molecular flexibility index (Phi) is 4.59. The van der Waals surface area contributed by atoms with Crippen LogP contribution < -0.4 is 5.32 Å². The number of aromatic carboxylic acids is 1. The zero-order chi connectivity index (χ0) is 12.8. The molecule has 0 aliphatic heterocycles. The van der Waals surface area contributed by atoms with Gasteiger partial charge in [-0.25, -0.2) is 4.79 Å². The van der Waals surface area contributed by atoms with Crippen LogP contribution in [0, 0.1) is 5.92 Å². The highest BCUT2D eigenvalue weighted by Crippen LogP contribution is 2.28. The molecule has 1 fully saturated rings. The van der Waals surface area contributed by atoms with Gasteiger partial charge in [0, 0.05) is 25.4 Å². The van der Waals surface area contributed by atoms with Crippen molar-refractivity contribution in [3.8, 4) is 0 Å². The minimum atomic E-state index is -0.897. The second-order valence-electron chi connectivity index (χ2n) is 4.68. The highest BCUT2D eigenvalue weighted by molar-refractivity contribution is 5.88. The lowest BCUT2D eigenvalue weighted by molar-refractivity contribution is 0.0697. The number of rotatable bonds is 8. The van der Waals surface area contributed by atoms with Gasteiger partial charge < -0.3 is 15.2 Å². The standard InChI is InChI=1S/C14H19NO3/c16-14(17)12-3-1-4-13(9-12)15-7-2-8-18-10-11-5-6-11/h1,3-4,9,11,15H,2,5-8,10H2,(H,16,17). The van der Waals surface area contributed by atoms with Crippen LogP contribution in [0.4, 0.5) is 5.69 Å². The Hall–Kier alpha value is -1.55. The Morgan fingerprint density at radius 3 is 3.00 bits per heavy atom. The maximum Gasteiger partial charge on any atom is 0.335 e. The van der Waals surface area contributed by atoms with E-state index in [1.54, 1.807) is 18.2 Å². The number of hydrogen-bond acceptors (Lipinski definition) is 3. The minimum Gasteiger partial charge on any atom is -0.478 e. The van der Waals surface area contributed by atoms with Crippen LogP contribution in [-0.2, 0) is 4.74 Å². The van der Waals surface area contributed by atoms with Crippen molar-refractivity contribution < 1.29 is 14.6 Å². The van der Waals surface area contributed by atoms with Gasteiger partial charge in [0.1, 0.15) is 0 Å². The molecule has 98 valence electrons. The largest absolute Gasteiger partial charge is 0.478 e. The van der Waals surface area contributed by atoms with Crippen molar-refractivity contribution in [2.75, 3.05) is 25.1 Å². The van der Waals surface area contributed by atoms with Crippen LogP contribution in [0.5, 0.6) is 0 Å². The van der Waals surface area contributed by atoms with Gasteiger partial charge >= 0.3 is 5.97 Å². The molecule has 0 atom stereocenters. The zero-order valence-corrected chi connectivity index (χ0v) is 10.4. The van der Waals surface area contributed by atoms with Crippen molar-refractivity contribution in [1.29, 1.82) is 0 Å². The van der Waals surface area contributed by atoms with Crippen LogP contribution in [0.2, 0.25) is 0 Å². The maximum atomic E-state index is 10.8. The van der Waals surface area contributed by atoms with Crippen LogP contribution in [-0.4, -0.2) is 30.8 Å². The summed E-state index contributed by atoms with van der Waals surface area (Å²) in [7, 11) is 0. The first-order chi connectivity index (χ1) is 8.75. The molecule has 1 aromatic carbocycles. The van der Waals surface area contributed by atoms with E-state index in [4.69, 9.17) is 9.84 Å². The van der Waals surface area contributed by atoms with E-state index in [9.17, 15) is 4.79 Å². The third-order valence-electron chi connectivity index (χ3n) is 2.95. The molecule has 2 N–H and O–H groups in total. The molecule has 0 unspecified atom stereocenters. The first-order valence-corrected chi connectivity index (χ1v) is 6.40. The molecule has 2 rings (SSSR count). The van der Waals surface area contributed by atoms with E-state index < -0.39 is 5.97 Å². The summed E-state index contributed by atoms with van der Waals surface area (Å²) >= 11 is 0. The Bertz CT molecular complexity index is 402. The van der Waals surface area contributed by atoms with E-state index in [1.807, 2.05) is 6.07 Å². The highest BCUT2D eigenvalue weighted by Gasteiger charge is 2.20. The van der Waals surface area contributed by atoms with Gasteiger partial charge in [0.2, 0.25) is 0 Å². The maximum absolute atomic E-state index is 10.8. The summed E-state index contributed by atoms with van der Waals surface area (Å²) in [4.78, 5) is 10.8. The van der Waals surface area contributed by atoms with Gasteiger partial charge in [0.05, 0.1) is 5.56 Å². The molecular formula is C14H19NO3. The molecule has 0 heterocycles. The summed E-state index contributed by atoms with van der Waals surface area (Å²) in [6, 6.07) is 6.85. The van der Waals surface area contributed by atoms with E-state index in [-0.39, 0.29) is 0 Å². The number of carbonyl (C=O) groups is 1. The average Bonchev–Trinajstić information content (AvgIpc) is 3.18. The van der Waals surface area contributed by atoms with Crippen LogP contribution in [0.1, 0.15) is 29.6 Å². The normalized spacial score (nSPS) is 14.4. The number of carboxylic acids is 1. The number of nitrogens with one attached hydrogen (secondary N) is 1. The molecule has 0 saturated heterocycles. The molecule has 0 spiro atoms. The van der Waals surface area contributed by atoms with E-state index in [0.29, 0.717) is 5.56 Å². The van der Waals surface area contributed by atoms with Crippen LogP contribution in [0.25, 0.3) is 0 Å². The summed E-state index contributed by atoms with van der Waals surface area (Å²) in [5, 5.41) is 12.1. The van der Waals surface area contributed by atoms with Gasteiger partial charge in [-0.15, -0.1) is 0 Å². The number of hydrogen-bond donors (Lipinski definition) is 2. The van der Waals surface area contributed by atoms with Crippen LogP contribution in [0.15, 0.2) is 24.3 Å². The Morgan fingerprint density at radius 2 is 2.28 bits per heavy atom. The summed E-state index contributed by atoms with van der Waals surface area (Å²) in [6.45, 7) is 2.46. The minimum absolute atomic E-state index is 0.310. The van der Waals surface area contributed by atoms with Gasteiger partial charge in [-0.2, -0.15) is 0 Å². The van der Waals surface area contributed by atoms with Crippen molar-refractivity contribution in [2.24, 2.45) is 5.92 Å². The molecule has 1 aliphatic carbocycles. The topological polar surface area (TPSA) is 58.6 Å². The average molecular weight is 249 g/mol. The van der Waals surface area contributed by atoms with Gasteiger partial charge in [0.15, 0.2) is 0 Å². The van der Waals surface area contributed by atoms with Gasteiger partial charge in [-0.05, 0) is 43.4 Å². The quantitative estimate of drug-likeness (QED) is 0.695. The fourth-order valence-corrected chi connectivity index (χ4v) is 1.70. The van der Waals surface area contributed by atoms with Crippen molar-refractivity contribution in [1.82, 2.24) is 0 Å². The number of anilines is 1. The number of carboxylic acid groups (broad SMARTS) is 1. The predicted octanol–water partition coefficient (Wildman–Crippen LogP) is 2.61. The van der Waals surface area contributed by atoms with E-state index in [1.165, 1.54) is 12.8 Å². The molecule has 4 heteroatoms. The second kappa shape index (κ2) is 6.40. The van der Waals surface area contributed by atoms with E-state index in [0.717, 1.165) is 37.8 Å². The predicted molar refractivity (Wildman–Crippen MR) is 70.1 cm³/mol. The lowest BCUT2D eigenvalue weighted by Crippen LogP contribution is -2.07. The SMILES string of the molecule is O=C(O)c1cccc(NCCCOCC2CC2)c1. The Balaban J connectivity index is 1.62. The smallest absolute Gasteiger partial charge is 0.335 e. The molecule has 1 aromatic rings. The summed E-state index contributed by atoms with van der Waals surface area (Å²) < 4.78 is 5.52. The zero-order valence-electron chi connectivity index (χ0n) is 10.4. The molecule has 0 bridgehead atoms. The molecule has 4 nitrogen and oxygen atoms in total. The Labute approximate surface area is 107 Å². The third-order valence-corrected chi connectivity index (χ3v) is 2.95. The highest BCUT2D eigenvalue weighted by atomic mass is 16.5. The van der Waals surface area contributed by atoms with Gasteiger partial charge in [-0.1, -0.05) is 6.07 Å². The van der Waals surface area contributed by atoms with Crippen LogP contribution >= 0.6 is 0 Å². The molecule has 1 saturated carbocycles. The first kappa shape index (κ1) is 12.9. The van der Waals surface area contributed by atoms with Gasteiger partial charge in [0.25, 0.3) is 0 Å². The van der Waals surface area contributed by atoms with Gasteiger partial charge in [-0.3, -0.25) is 0 Å². The third kappa shape index (κ3) is 4.37. The molecule has 1 aliphatic rings. The molecule has 0 aromatic heterocycles. The molecular weight excluding hydrogens is 230 g/mol. The van der Waals surface area contributed by atoms with Crippen molar-refractivity contribution >= 4 is 11.7 Å². The lowest BCUT2D eigenvalue weighted by Gasteiger charge is -2.07. The Morgan fingerprint density at radius 1 is 1.44 bits per heavy atom. The molecule has 18 heavy (non-hydrogen) atoms. The molecule has 0 radical (unpaired) electrons. The fraction of sp³-hybridized carbons (Fsp3) is 0.500.